The van der Waals surface area contributed by atoms with E-state index < -0.39 is 0 Å². The lowest BCUT2D eigenvalue weighted by Gasteiger charge is -2.13. The van der Waals surface area contributed by atoms with E-state index >= 15 is 0 Å². The highest BCUT2D eigenvalue weighted by molar-refractivity contribution is 5.75. The lowest BCUT2D eigenvalue weighted by molar-refractivity contribution is 0.324. The molecular formula is C28H28N2O2. The van der Waals surface area contributed by atoms with Crippen LogP contribution in [0.5, 0.6) is 11.5 Å². The number of aromatic nitrogens is 1. The first-order chi connectivity index (χ1) is 15.7. The molecule has 4 nitrogen and oxygen atoms in total. The minimum absolute atomic E-state index is 0.581. The maximum absolute atomic E-state index is 5.88. The first-order valence-electron chi connectivity index (χ1n) is 11.0. The van der Waals surface area contributed by atoms with Crippen molar-refractivity contribution < 1.29 is 9.47 Å². The second-order valence-electron chi connectivity index (χ2n) is 7.52. The Balaban J connectivity index is 1.58. The first-order valence-corrected chi connectivity index (χ1v) is 11.0. The predicted molar refractivity (Wildman–Crippen MR) is 132 cm³/mol. The topological polar surface area (TPSA) is 43.4 Å². The Morgan fingerprint density at radius 3 is 2.09 bits per heavy atom. The van der Waals surface area contributed by atoms with Gasteiger partial charge in [0.2, 0.25) is 0 Å². The minimum atomic E-state index is 0.581. The summed E-state index contributed by atoms with van der Waals surface area (Å²) in [6.45, 7) is 7.24. The molecule has 1 N–H and O–H groups in total. The molecule has 1 heterocycles. The number of nitrogens with zero attached hydrogens (tertiary/aromatic N) is 1. The average molecular weight is 425 g/mol. The molecule has 0 aliphatic heterocycles. The summed E-state index contributed by atoms with van der Waals surface area (Å²) in [7, 11) is 0. The number of nitrogens with one attached hydrogen (secondary N) is 1. The number of ether oxygens (including phenoxy) is 2. The van der Waals surface area contributed by atoms with Crippen LogP contribution in [0.4, 0.5) is 11.4 Å². The molecule has 0 unspecified atom stereocenters. The van der Waals surface area contributed by atoms with Crippen molar-refractivity contribution in [2.45, 2.75) is 20.8 Å². The Labute approximate surface area is 189 Å². The Bertz CT molecular complexity index is 1170. The summed E-state index contributed by atoms with van der Waals surface area (Å²) < 4.78 is 11.5. The molecule has 4 aromatic rings. The van der Waals surface area contributed by atoms with Crippen LogP contribution in [0.2, 0.25) is 0 Å². The summed E-state index contributed by atoms with van der Waals surface area (Å²) >= 11 is 0. The quantitative estimate of drug-likeness (QED) is 0.323. The highest BCUT2D eigenvalue weighted by Crippen LogP contribution is 2.34. The van der Waals surface area contributed by atoms with Gasteiger partial charge in [0.05, 0.1) is 18.9 Å². The number of anilines is 2. The fourth-order valence-electron chi connectivity index (χ4n) is 3.55. The van der Waals surface area contributed by atoms with Crippen LogP contribution in [-0.2, 0) is 0 Å². The van der Waals surface area contributed by atoms with Crippen molar-refractivity contribution in [2.75, 3.05) is 18.5 Å². The zero-order valence-electron chi connectivity index (χ0n) is 18.8. The third kappa shape index (κ3) is 5.09. The lowest BCUT2D eigenvalue weighted by atomic mass is 10.0. The van der Waals surface area contributed by atoms with Gasteiger partial charge in [-0.25, -0.2) is 0 Å². The summed E-state index contributed by atoms with van der Waals surface area (Å²) in [5.74, 6) is 1.58. The van der Waals surface area contributed by atoms with Crippen LogP contribution in [0.25, 0.3) is 22.4 Å². The van der Waals surface area contributed by atoms with E-state index in [-0.39, 0.29) is 0 Å². The number of hydrogen-bond donors (Lipinski definition) is 1. The van der Waals surface area contributed by atoms with Crippen LogP contribution in [0, 0.1) is 6.92 Å². The van der Waals surface area contributed by atoms with Crippen molar-refractivity contribution in [3.8, 4) is 33.9 Å². The fourth-order valence-corrected chi connectivity index (χ4v) is 3.55. The highest BCUT2D eigenvalue weighted by atomic mass is 16.5. The summed E-state index contributed by atoms with van der Waals surface area (Å²) in [6, 6.07) is 26.8. The van der Waals surface area contributed by atoms with Crippen LogP contribution < -0.4 is 14.8 Å². The van der Waals surface area contributed by atoms with E-state index in [1.807, 2.05) is 44.3 Å². The van der Waals surface area contributed by atoms with Gasteiger partial charge < -0.3 is 14.8 Å². The summed E-state index contributed by atoms with van der Waals surface area (Å²) in [6.07, 6.45) is 1.84. The van der Waals surface area contributed by atoms with E-state index in [0.29, 0.717) is 13.2 Å². The number of aryl methyl sites for hydroxylation is 1. The van der Waals surface area contributed by atoms with Gasteiger partial charge in [0, 0.05) is 29.2 Å². The second kappa shape index (κ2) is 10.0. The molecule has 0 aliphatic carbocycles. The summed E-state index contributed by atoms with van der Waals surface area (Å²) in [4.78, 5) is 4.60. The largest absolute Gasteiger partial charge is 0.494 e. The van der Waals surface area contributed by atoms with Crippen molar-refractivity contribution in [1.29, 1.82) is 0 Å². The van der Waals surface area contributed by atoms with Gasteiger partial charge in [0.25, 0.3) is 0 Å². The van der Waals surface area contributed by atoms with Gasteiger partial charge in [-0.05, 0) is 80.4 Å². The minimum Gasteiger partial charge on any atom is -0.494 e. The molecule has 0 atom stereocenters. The van der Waals surface area contributed by atoms with Crippen molar-refractivity contribution in [3.63, 3.8) is 0 Å². The molecule has 0 radical (unpaired) electrons. The molecule has 1 aromatic heterocycles. The molecule has 0 saturated carbocycles. The van der Waals surface area contributed by atoms with Crippen LogP contribution in [-0.4, -0.2) is 18.2 Å². The van der Waals surface area contributed by atoms with E-state index in [0.717, 1.165) is 45.3 Å². The van der Waals surface area contributed by atoms with Gasteiger partial charge in [-0.2, -0.15) is 0 Å². The zero-order chi connectivity index (χ0) is 22.3. The van der Waals surface area contributed by atoms with E-state index in [9.17, 15) is 0 Å². The second-order valence-corrected chi connectivity index (χ2v) is 7.52. The molecule has 0 saturated heterocycles. The van der Waals surface area contributed by atoms with Crippen LogP contribution in [0.3, 0.4) is 0 Å². The molecule has 4 rings (SSSR count). The van der Waals surface area contributed by atoms with Crippen molar-refractivity contribution in [3.05, 3.63) is 90.6 Å². The highest BCUT2D eigenvalue weighted by Gasteiger charge is 2.11. The fraction of sp³-hybridized carbons (Fsp3) is 0.179. The molecule has 0 aliphatic rings. The van der Waals surface area contributed by atoms with Gasteiger partial charge in [0.1, 0.15) is 11.5 Å². The molecule has 162 valence electrons. The van der Waals surface area contributed by atoms with Gasteiger partial charge in [-0.3, -0.25) is 4.98 Å². The van der Waals surface area contributed by atoms with E-state index in [1.165, 1.54) is 5.56 Å². The normalized spacial score (nSPS) is 10.6. The molecule has 0 amide bonds. The maximum Gasteiger partial charge on any atom is 0.132 e. The molecule has 0 bridgehead atoms. The van der Waals surface area contributed by atoms with Gasteiger partial charge in [0.15, 0.2) is 0 Å². The van der Waals surface area contributed by atoms with Gasteiger partial charge in [-0.15, -0.1) is 0 Å². The van der Waals surface area contributed by atoms with Crippen molar-refractivity contribution >= 4 is 11.4 Å². The molecule has 0 spiro atoms. The van der Waals surface area contributed by atoms with Gasteiger partial charge in [-0.1, -0.05) is 29.8 Å². The summed E-state index contributed by atoms with van der Waals surface area (Å²) in [5, 5.41) is 3.44. The number of benzene rings is 3. The zero-order valence-corrected chi connectivity index (χ0v) is 18.8. The molecule has 3 aromatic carbocycles. The standard InChI is InChI=1S/C28H28N2O2/c1-4-31-25-14-15-26(28(19-25)32-5-2)27-18-22(16-17-29-27)21-8-12-24(13-9-21)30-23-10-6-20(3)7-11-23/h6-19,30H,4-5H2,1-3H3. The summed E-state index contributed by atoms with van der Waals surface area (Å²) in [5.41, 5.74) is 7.44. The SMILES string of the molecule is CCOc1ccc(-c2cc(-c3ccc(Nc4ccc(C)cc4)cc3)ccn2)c(OCC)c1. The molecule has 0 fully saturated rings. The predicted octanol–water partition coefficient (Wildman–Crippen LogP) is 7.27. The number of pyridine rings is 1. The Morgan fingerprint density at radius 2 is 1.41 bits per heavy atom. The van der Waals surface area contributed by atoms with E-state index in [4.69, 9.17) is 9.47 Å². The third-order valence-corrected chi connectivity index (χ3v) is 5.16. The number of rotatable bonds is 8. The first kappa shape index (κ1) is 21.4. The third-order valence-electron chi connectivity index (χ3n) is 5.16. The Hall–Kier alpha value is -3.79. The van der Waals surface area contributed by atoms with E-state index in [2.05, 4.69) is 71.8 Å². The Morgan fingerprint density at radius 1 is 0.719 bits per heavy atom. The van der Waals surface area contributed by atoms with Crippen LogP contribution >= 0.6 is 0 Å². The molecule has 32 heavy (non-hydrogen) atoms. The Kier molecular flexibility index (Phi) is 6.71. The average Bonchev–Trinajstić information content (AvgIpc) is 2.82. The lowest BCUT2D eigenvalue weighted by Crippen LogP contribution is -1.98. The molecule has 4 heteroatoms. The van der Waals surface area contributed by atoms with Crippen LogP contribution in [0.15, 0.2) is 85.1 Å². The molecular weight excluding hydrogens is 396 g/mol. The maximum atomic E-state index is 5.88. The van der Waals surface area contributed by atoms with Crippen molar-refractivity contribution in [2.24, 2.45) is 0 Å². The monoisotopic (exact) mass is 424 g/mol. The van der Waals surface area contributed by atoms with Crippen LogP contribution in [0.1, 0.15) is 19.4 Å². The smallest absolute Gasteiger partial charge is 0.132 e. The number of hydrogen-bond acceptors (Lipinski definition) is 4. The van der Waals surface area contributed by atoms with E-state index in [1.54, 1.807) is 0 Å². The van der Waals surface area contributed by atoms with Crippen molar-refractivity contribution in [1.82, 2.24) is 4.98 Å². The van der Waals surface area contributed by atoms with Gasteiger partial charge >= 0.3 is 0 Å².